The van der Waals surface area contributed by atoms with Gasteiger partial charge in [-0.05, 0) is 29.8 Å². The van der Waals surface area contributed by atoms with Gasteiger partial charge in [0.05, 0.1) is 10.9 Å². The summed E-state index contributed by atoms with van der Waals surface area (Å²) in [5.41, 5.74) is 2.93. The first-order valence-corrected chi connectivity index (χ1v) is 9.73. The van der Waals surface area contributed by atoms with Crippen LogP contribution in [0.5, 0.6) is 0 Å². The minimum atomic E-state index is -0.154. The number of aromatic nitrogens is 2. The number of hydrogen-bond donors (Lipinski definition) is 1. The van der Waals surface area contributed by atoms with Crippen LogP contribution in [0.25, 0.3) is 21.8 Å². The van der Waals surface area contributed by atoms with Crippen LogP contribution in [0.3, 0.4) is 0 Å². The molecule has 4 aromatic rings. The molecule has 2 amide bonds. The lowest BCUT2D eigenvalue weighted by Gasteiger charge is -2.34. The molecule has 5 rings (SSSR count). The van der Waals surface area contributed by atoms with E-state index in [1.54, 1.807) is 0 Å². The lowest BCUT2D eigenvalue weighted by molar-refractivity contribution is 0.142. The smallest absolute Gasteiger partial charge is 0.324 e. The molecule has 2 aromatic heterocycles. The number of benzene rings is 2. The number of hydrogen-bond acceptors (Lipinski definition) is 5. The zero-order valence-electron chi connectivity index (χ0n) is 15.9. The molecule has 7 heteroatoms. The van der Waals surface area contributed by atoms with Gasteiger partial charge >= 0.3 is 6.03 Å². The molecule has 0 bridgehead atoms. The number of carbonyl (C=O) groups excluding carboxylic acids is 1. The molecule has 0 radical (unpaired) electrons. The molecule has 0 atom stereocenters. The van der Waals surface area contributed by atoms with E-state index in [9.17, 15) is 4.79 Å². The van der Waals surface area contributed by atoms with Crippen LogP contribution in [0.15, 0.2) is 65.3 Å². The summed E-state index contributed by atoms with van der Waals surface area (Å²) in [5, 5.41) is 8.79. The van der Waals surface area contributed by atoms with Crippen molar-refractivity contribution in [2.24, 2.45) is 0 Å². The minimum absolute atomic E-state index is 0.154. The maximum Gasteiger partial charge on any atom is 0.324 e. The van der Waals surface area contributed by atoms with Crippen molar-refractivity contribution in [2.75, 3.05) is 31.5 Å². The van der Waals surface area contributed by atoms with E-state index in [0.29, 0.717) is 19.0 Å². The van der Waals surface area contributed by atoms with Gasteiger partial charge in [0.15, 0.2) is 0 Å². The average Bonchev–Trinajstić information content (AvgIpc) is 3.17. The van der Waals surface area contributed by atoms with Gasteiger partial charge < -0.3 is 9.42 Å². The molecule has 1 N–H and O–H groups in total. The van der Waals surface area contributed by atoms with Gasteiger partial charge in [-0.2, -0.15) is 0 Å². The molecule has 2 aromatic carbocycles. The lowest BCUT2D eigenvalue weighted by atomic mass is 10.1. The van der Waals surface area contributed by atoms with Crippen LogP contribution in [0.2, 0.25) is 0 Å². The number of urea groups is 1. The van der Waals surface area contributed by atoms with Crippen molar-refractivity contribution >= 4 is 33.7 Å². The molecule has 7 nitrogen and oxygen atoms in total. The fraction of sp³-hybridized carbons (Fsp3) is 0.227. The van der Waals surface area contributed by atoms with Gasteiger partial charge in [-0.25, -0.2) is 4.79 Å². The summed E-state index contributed by atoms with van der Waals surface area (Å²) in [5.74, 6) is 0.398. The molecule has 146 valence electrons. The van der Waals surface area contributed by atoms with E-state index in [4.69, 9.17) is 4.52 Å². The van der Waals surface area contributed by atoms with Crippen molar-refractivity contribution in [3.8, 4) is 0 Å². The summed E-state index contributed by atoms with van der Waals surface area (Å²) >= 11 is 0. The Kier molecular flexibility index (Phi) is 4.57. The Morgan fingerprint density at radius 2 is 1.76 bits per heavy atom. The zero-order chi connectivity index (χ0) is 19.6. The highest BCUT2D eigenvalue weighted by Crippen LogP contribution is 2.23. The summed E-state index contributed by atoms with van der Waals surface area (Å²) in [6.45, 7) is 3.80. The monoisotopic (exact) mass is 387 g/mol. The van der Waals surface area contributed by atoms with Crippen LogP contribution < -0.4 is 5.32 Å². The van der Waals surface area contributed by atoms with E-state index in [-0.39, 0.29) is 6.03 Å². The fourth-order valence-electron chi connectivity index (χ4n) is 3.73. The zero-order valence-corrected chi connectivity index (χ0v) is 15.9. The first-order chi connectivity index (χ1) is 14.3. The van der Waals surface area contributed by atoms with E-state index in [0.717, 1.165) is 41.4 Å². The second-order valence-corrected chi connectivity index (χ2v) is 7.26. The van der Waals surface area contributed by atoms with Gasteiger partial charge in [-0.15, -0.1) is 0 Å². The molecule has 1 saturated heterocycles. The molecule has 29 heavy (non-hydrogen) atoms. The average molecular weight is 387 g/mol. The van der Waals surface area contributed by atoms with Crippen molar-refractivity contribution in [2.45, 2.75) is 6.54 Å². The largest absolute Gasteiger partial charge is 0.337 e. The van der Waals surface area contributed by atoms with E-state index in [2.05, 4.69) is 32.5 Å². The first kappa shape index (κ1) is 17.6. The fourth-order valence-corrected chi connectivity index (χ4v) is 3.73. The Balaban J connectivity index is 1.19. The highest BCUT2D eigenvalue weighted by Gasteiger charge is 2.23. The first-order valence-electron chi connectivity index (χ1n) is 9.73. The maximum atomic E-state index is 12.6. The number of anilines is 1. The van der Waals surface area contributed by atoms with Gasteiger partial charge in [-0.1, -0.05) is 35.5 Å². The third kappa shape index (κ3) is 3.64. The predicted molar refractivity (Wildman–Crippen MR) is 112 cm³/mol. The molecule has 0 saturated carbocycles. The molecular weight excluding hydrogens is 366 g/mol. The van der Waals surface area contributed by atoms with E-state index in [1.807, 2.05) is 53.6 Å². The number of nitrogens with one attached hydrogen (secondary N) is 1. The topological polar surface area (TPSA) is 74.5 Å². The van der Waals surface area contributed by atoms with E-state index < -0.39 is 0 Å². The van der Waals surface area contributed by atoms with E-state index >= 15 is 0 Å². The molecule has 0 spiro atoms. The molecule has 0 aliphatic carbocycles. The minimum Gasteiger partial charge on any atom is -0.337 e. The third-order valence-electron chi connectivity index (χ3n) is 5.32. The summed E-state index contributed by atoms with van der Waals surface area (Å²) in [6, 6.07) is 17.7. The molecule has 0 unspecified atom stereocenters. The number of pyridine rings is 1. The van der Waals surface area contributed by atoms with Gasteiger partial charge in [-0.3, -0.25) is 15.2 Å². The number of amides is 2. The van der Waals surface area contributed by atoms with Gasteiger partial charge in [0, 0.05) is 44.3 Å². The Labute approximate surface area is 167 Å². The lowest BCUT2D eigenvalue weighted by Crippen LogP contribution is -2.49. The van der Waals surface area contributed by atoms with Crippen LogP contribution in [-0.4, -0.2) is 52.2 Å². The van der Waals surface area contributed by atoms with Crippen molar-refractivity contribution in [1.82, 2.24) is 19.9 Å². The van der Waals surface area contributed by atoms with Crippen molar-refractivity contribution in [1.29, 1.82) is 0 Å². The highest BCUT2D eigenvalue weighted by atomic mass is 16.5. The van der Waals surface area contributed by atoms with Crippen LogP contribution in [0.4, 0.5) is 10.7 Å². The Morgan fingerprint density at radius 1 is 1.00 bits per heavy atom. The normalized spacial score (nSPS) is 15.1. The number of para-hydroxylation sites is 1. The molecule has 1 aliphatic rings. The summed E-state index contributed by atoms with van der Waals surface area (Å²) in [4.78, 5) is 21.3. The van der Waals surface area contributed by atoms with Gasteiger partial charge in [0.2, 0.25) is 5.88 Å². The number of fused-ring (bicyclic) bond motifs is 2. The number of nitrogens with zero attached hydrogens (tertiary/aromatic N) is 4. The molecule has 1 fully saturated rings. The molecular formula is C22H21N5O2. The van der Waals surface area contributed by atoms with Crippen LogP contribution in [0, 0.1) is 0 Å². The van der Waals surface area contributed by atoms with Crippen molar-refractivity contribution < 1.29 is 9.32 Å². The number of piperazine rings is 1. The SMILES string of the molecule is O=C(Nc1onc2ccccc12)N1CCN(Cc2cnc3ccccc3c2)CC1. The molecule has 1 aliphatic heterocycles. The molecule has 3 heterocycles. The second-order valence-electron chi connectivity index (χ2n) is 7.26. The van der Waals surface area contributed by atoms with Crippen molar-refractivity contribution in [3.05, 3.63) is 66.4 Å². The maximum absolute atomic E-state index is 12.6. The van der Waals surface area contributed by atoms with Crippen molar-refractivity contribution in [3.63, 3.8) is 0 Å². The van der Waals surface area contributed by atoms with Crippen LogP contribution in [-0.2, 0) is 6.54 Å². The Morgan fingerprint density at radius 3 is 2.62 bits per heavy atom. The second kappa shape index (κ2) is 7.52. The van der Waals surface area contributed by atoms with Gasteiger partial charge in [0.25, 0.3) is 0 Å². The number of rotatable bonds is 3. The van der Waals surface area contributed by atoms with Crippen LogP contribution in [0.1, 0.15) is 5.56 Å². The quantitative estimate of drug-likeness (QED) is 0.580. The number of carbonyl (C=O) groups is 1. The third-order valence-corrected chi connectivity index (χ3v) is 5.32. The predicted octanol–water partition coefficient (Wildman–Crippen LogP) is 3.73. The summed E-state index contributed by atoms with van der Waals surface area (Å²) in [6.07, 6.45) is 1.94. The Hall–Kier alpha value is -3.45. The summed E-state index contributed by atoms with van der Waals surface area (Å²) < 4.78 is 5.29. The summed E-state index contributed by atoms with van der Waals surface area (Å²) in [7, 11) is 0. The van der Waals surface area contributed by atoms with E-state index in [1.165, 1.54) is 5.56 Å². The van der Waals surface area contributed by atoms with Gasteiger partial charge in [0.1, 0.15) is 5.52 Å². The standard InChI is InChI=1S/C22H21N5O2/c28-22(24-21-18-6-2-4-8-20(18)25-29-21)27-11-9-26(10-12-27)15-16-13-17-5-1-3-7-19(17)23-14-16/h1-8,13-14H,9-12,15H2,(H,24,28). The van der Waals surface area contributed by atoms with Crippen LogP contribution >= 0.6 is 0 Å². The highest BCUT2D eigenvalue weighted by molar-refractivity contribution is 5.97. The Bertz CT molecular complexity index is 1160.